The van der Waals surface area contributed by atoms with Gasteiger partial charge in [-0.2, -0.15) is 0 Å². The van der Waals surface area contributed by atoms with Gasteiger partial charge in [0, 0.05) is 24.6 Å². The predicted molar refractivity (Wildman–Crippen MR) is 62.7 cm³/mol. The molecular weight excluding hydrogens is 216 g/mol. The first kappa shape index (κ1) is 13.8. The van der Waals surface area contributed by atoms with Gasteiger partial charge in [0.25, 0.3) is 0 Å². The molecule has 0 fully saturated rings. The Bertz CT molecular complexity index is 211. The highest BCUT2D eigenvalue weighted by molar-refractivity contribution is 7.85. The van der Waals surface area contributed by atoms with Crippen LogP contribution >= 0.6 is 0 Å². The molecule has 0 aromatic rings. The van der Waals surface area contributed by atoms with Crippen molar-refractivity contribution in [2.45, 2.75) is 32.6 Å². The second kappa shape index (κ2) is 6.34. The van der Waals surface area contributed by atoms with E-state index in [2.05, 4.69) is 19.6 Å². The normalized spacial score (nSPS) is 13.7. The summed E-state index contributed by atoms with van der Waals surface area (Å²) in [5.74, 6) is 0.341. The van der Waals surface area contributed by atoms with E-state index in [1.165, 1.54) is 0 Å². The van der Waals surface area contributed by atoms with Crippen LogP contribution in [0.2, 0.25) is 25.7 Å². The summed E-state index contributed by atoms with van der Waals surface area (Å²) >= 11 is 0. The molecular formula is C9H20O3SSi. The van der Waals surface area contributed by atoms with E-state index in [-0.39, 0.29) is 11.7 Å². The second-order valence-electron chi connectivity index (χ2n) is 4.40. The van der Waals surface area contributed by atoms with Crippen LogP contribution in [0.15, 0.2) is 0 Å². The lowest BCUT2D eigenvalue weighted by Crippen LogP contribution is -2.24. The van der Waals surface area contributed by atoms with Gasteiger partial charge in [-0.1, -0.05) is 19.6 Å². The van der Waals surface area contributed by atoms with Gasteiger partial charge in [0.05, 0.1) is 6.61 Å². The van der Waals surface area contributed by atoms with E-state index in [0.29, 0.717) is 12.4 Å². The van der Waals surface area contributed by atoms with Crippen molar-refractivity contribution in [3.8, 4) is 0 Å². The number of rotatable bonds is 6. The van der Waals surface area contributed by atoms with Gasteiger partial charge in [-0.25, -0.2) is 0 Å². The molecule has 3 nitrogen and oxygen atoms in total. The molecule has 0 aromatic heterocycles. The van der Waals surface area contributed by atoms with Gasteiger partial charge in [-0.15, -0.1) is 0 Å². The Balaban J connectivity index is 3.71. The molecule has 5 heteroatoms. The zero-order chi connectivity index (χ0) is 11.2. The minimum absolute atomic E-state index is 0.0539. The highest BCUT2D eigenvalue weighted by atomic mass is 32.2. The van der Waals surface area contributed by atoms with Gasteiger partial charge < -0.3 is 4.74 Å². The van der Waals surface area contributed by atoms with Crippen molar-refractivity contribution in [2.75, 3.05) is 18.1 Å². The monoisotopic (exact) mass is 236 g/mol. The van der Waals surface area contributed by atoms with E-state index < -0.39 is 18.9 Å². The second-order valence-corrected chi connectivity index (χ2v) is 11.6. The third-order valence-electron chi connectivity index (χ3n) is 1.66. The van der Waals surface area contributed by atoms with Crippen LogP contribution in [0.5, 0.6) is 0 Å². The Hall–Kier alpha value is -0.163. The van der Waals surface area contributed by atoms with Crippen LogP contribution in [-0.2, 0) is 20.3 Å². The molecule has 84 valence electrons. The van der Waals surface area contributed by atoms with Crippen LogP contribution < -0.4 is 0 Å². The van der Waals surface area contributed by atoms with Crippen LogP contribution in [0.4, 0.5) is 0 Å². The molecule has 0 spiro atoms. The van der Waals surface area contributed by atoms with Crippen LogP contribution in [0.3, 0.4) is 0 Å². The summed E-state index contributed by atoms with van der Waals surface area (Å²) in [4.78, 5) is 11.0. The lowest BCUT2D eigenvalue weighted by atomic mass is 10.8. The van der Waals surface area contributed by atoms with Crippen molar-refractivity contribution in [3.05, 3.63) is 0 Å². The third kappa shape index (κ3) is 8.44. The molecule has 14 heavy (non-hydrogen) atoms. The topological polar surface area (TPSA) is 43.4 Å². The van der Waals surface area contributed by atoms with Crippen LogP contribution in [0, 0.1) is 0 Å². The van der Waals surface area contributed by atoms with E-state index in [9.17, 15) is 9.00 Å². The predicted octanol–water partition coefficient (Wildman–Crippen LogP) is 1.64. The zero-order valence-electron chi connectivity index (χ0n) is 9.46. The van der Waals surface area contributed by atoms with Crippen molar-refractivity contribution in [2.24, 2.45) is 0 Å². The van der Waals surface area contributed by atoms with E-state index in [0.717, 1.165) is 6.04 Å². The smallest absolute Gasteiger partial charge is 0.318 e. The molecule has 1 atom stereocenters. The molecule has 0 aromatic carbocycles. The van der Waals surface area contributed by atoms with Crippen molar-refractivity contribution >= 4 is 24.8 Å². The van der Waals surface area contributed by atoms with E-state index in [4.69, 9.17) is 4.74 Å². The molecule has 0 aliphatic heterocycles. The summed E-state index contributed by atoms with van der Waals surface area (Å²) in [6.07, 6.45) is 0. The quantitative estimate of drug-likeness (QED) is 0.520. The first-order valence-electron chi connectivity index (χ1n) is 4.86. The summed E-state index contributed by atoms with van der Waals surface area (Å²) in [6, 6.07) is 0.999. The molecule has 0 aliphatic rings. The van der Waals surface area contributed by atoms with E-state index in [1.54, 1.807) is 6.92 Å². The number of carbonyl (C=O) groups excluding carboxylic acids is 1. The lowest BCUT2D eigenvalue weighted by molar-refractivity contribution is -0.139. The Labute approximate surface area is 89.7 Å². The SMILES string of the molecule is CCOC(=O)CS(=O)CC[Si](C)(C)C. The number of esters is 1. The highest BCUT2D eigenvalue weighted by Crippen LogP contribution is 2.08. The molecule has 0 radical (unpaired) electrons. The molecule has 1 unspecified atom stereocenters. The van der Waals surface area contributed by atoms with Gasteiger partial charge in [0.2, 0.25) is 0 Å². The first-order chi connectivity index (χ1) is 6.35. The standard InChI is InChI=1S/C9H20O3SSi/c1-5-12-9(10)8-13(11)6-7-14(2,3)4/h5-8H2,1-4H3. The maximum Gasteiger partial charge on any atom is 0.318 e. The average Bonchev–Trinajstić information content (AvgIpc) is 2.00. The maximum atomic E-state index is 11.4. The molecule has 0 N–H and O–H groups in total. The van der Waals surface area contributed by atoms with Gasteiger partial charge >= 0.3 is 5.97 Å². The van der Waals surface area contributed by atoms with Gasteiger partial charge in [0.1, 0.15) is 5.75 Å². The average molecular weight is 236 g/mol. The van der Waals surface area contributed by atoms with Gasteiger partial charge in [-0.3, -0.25) is 9.00 Å². The van der Waals surface area contributed by atoms with Crippen molar-refractivity contribution in [1.82, 2.24) is 0 Å². The largest absolute Gasteiger partial charge is 0.465 e. The summed E-state index contributed by atoms with van der Waals surface area (Å²) in [6.45, 7) is 8.81. The van der Waals surface area contributed by atoms with Crippen molar-refractivity contribution in [3.63, 3.8) is 0 Å². The van der Waals surface area contributed by atoms with Crippen molar-refractivity contribution < 1.29 is 13.7 Å². The molecule has 0 saturated heterocycles. The Kier molecular flexibility index (Phi) is 6.27. The maximum absolute atomic E-state index is 11.4. The highest BCUT2D eigenvalue weighted by Gasteiger charge is 2.16. The zero-order valence-corrected chi connectivity index (χ0v) is 11.3. The molecule has 0 rings (SSSR count). The molecule has 0 saturated carbocycles. The van der Waals surface area contributed by atoms with Crippen molar-refractivity contribution in [1.29, 1.82) is 0 Å². The van der Waals surface area contributed by atoms with Gasteiger partial charge in [0.15, 0.2) is 0 Å². The number of hydrogen-bond acceptors (Lipinski definition) is 3. The van der Waals surface area contributed by atoms with Crippen LogP contribution in [0.1, 0.15) is 6.92 Å². The molecule has 0 heterocycles. The Morgan fingerprint density at radius 1 is 1.36 bits per heavy atom. The summed E-state index contributed by atoms with van der Waals surface area (Å²) in [7, 11) is -2.17. The fourth-order valence-electron chi connectivity index (χ4n) is 0.826. The number of carbonyl (C=O) groups is 1. The summed E-state index contributed by atoms with van der Waals surface area (Å²) in [5.41, 5.74) is 0. The van der Waals surface area contributed by atoms with Crippen LogP contribution in [0.25, 0.3) is 0 Å². The fraction of sp³-hybridized carbons (Fsp3) is 0.889. The van der Waals surface area contributed by atoms with E-state index >= 15 is 0 Å². The minimum atomic E-state index is -1.13. The number of hydrogen-bond donors (Lipinski definition) is 0. The number of ether oxygens (including phenoxy) is 1. The molecule has 0 bridgehead atoms. The Morgan fingerprint density at radius 3 is 2.36 bits per heavy atom. The lowest BCUT2D eigenvalue weighted by Gasteiger charge is -2.14. The van der Waals surface area contributed by atoms with Crippen LogP contribution in [-0.4, -0.2) is 36.4 Å². The van der Waals surface area contributed by atoms with Gasteiger partial charge in [-0.05, 0) is 13.0 Å². The summed E-state index contributed by atoms with van der Waals surface area (Å²) in [5, 5.41) is 0. The fourth-order valence-corrected chi connectivity index (χ4v) is 4.68. The molecule has 0 aliphatic carbocycles. The van der Waals surface area contributed by atoms with E-state index in [1.807, 2.05) is 0 Å². The first-order valence-corrected chi connectivity index (χ1v) is 10.1. The minimum Gasteiger partial charge on any atom is -0.465 e. The third-order valence-corrected chi connectivity index (χ3v) is 4.99. The summed E-state index contributed by atoms with van der Waals surface area (Å²) < 4.78 is 16.1. The molecule has 0 amide bonds. The Morgan fingerprint density at radius 2 is 1.93 bits per heavy atom.